The van der Waals surface area contributed by atoms with E-state index in [2.05, 4.69) is 14.7 Å². The van der Waals surface area contributed by atoms with Crippen LogP contribution in [0.3, 0.4) is 0 Å². The van der Waals surface area contributed by atoms with Gasteiger partial charge < -0.3 is 23.8 Å². The van der Waals surface area contributed by atoms with Crippen molar-refractivity contribution < 1.29 is 9.47 Å². The van der Waals surface area contributed by atoms with E-state index in [-0.39, 0.29) is 17.8 Å². The highest BCUT2D eigenvalue weighted by atomic mass is 16.5. The maximum Gasteiger partial charge on any atom is 0.270 e. The van der Waals surface area contributed by atoms with Crippen LogP contribution >= 0.6 is 0 Å². The van der Waals surface area contributed by atoms with Gasteiger partial charge in [0, 0.05) is 39.2 Å². The number of aromatic nitrogens is 2. The minimum Gasteiger partial charge on any atom is -0.488 e. The van der Waals surface area contributed by atoms with Crippen molar-refractivity contribution >= 4 is 22.5 Å². The molecule has 1 aromatic carbocycles. The highest BCUT2D eigenvalue weighted by Crippen LogP contribution is 2.30. The van der Waals surface area contributed by atoms with Gasteiger partial charge in [0.15, 0.2) is 0 Å². The van der Waals surface area contributed by atoms with Gasteiger partial charge in [-0.15, -0.1) is 4.98 Å². The Bertz CT molecular complexity index is 1140. The van der Waals surface area contributed by atoms with Gasteiger partial charge in [0.25, 0.3) is 11.4 Å². The van der Waals surface area contributed by atoms with Crippen LogP contribution in [0.25, 0.3) is 15.9 Å². The average Bonchev–Trinajstić information content (AvgIpc) is 2.78. The summed E-state index contributed by atoms with van der Waals surface area (Å²) in [5, 5.41) is 0. The molecule has 3 heterocycles. The number of aryl methyl sites for hydroxylation is 1. The molecule has 3 aromatic rings. The summed E-state index contributed by atoms with van der Waals surface area (Å²) >= 11 is 0. The van der Waals surface area contributed by atoms with E-state index in [1.54, 1.807) is 29.8 Å². The molecule has 7 nitrogen and oxygen atoms in total. The average molecular weight is 404 g/mol. The van der Waals surface area contributed by atoms with Crippen LogP contribution in [-0.2, 0) is 11.8 Å². The normalized spacial score (nSPS) is 18.9. The number of hydrogen-bond donors (Lipinski definition) is 0. The zero-order valence-corrected chi connectivity index (χ0v) is 17.1. The van der Waals surface area contributed by atoms with Gasteiger partial charge in [-0.2, -0.15) is 0 Å². The summed E-state index contributed by atoms with van der Waals surface area (Å²) in [5.41, 5.74) is 2.00. The number of para-hydroxylation sites is 1. The SMILES string of the molecule is [C-]#[N+]c1ccc2c(n1)c(N1CC[C@H](Oc3ccccc3)[C@@H](OCC)C1)cc(=O)n2C. The number of rotatable bonds is 5. The highest BCUT2D eigenvalue weighted by Gasteiger charge is 2.33. The van der Waals surface area contributed by atoms with Gasteiger partial charge in [-0.25, -0.2) is 0 Å². The monoisotopic (exact) mass is 404 g/mol. The van der Waals surface area contributed by atoms with Crippen molar-refractivity contribution in [3.63, 3.8) is 0 Å². The first-order valence-electron chi connectivity index (χ1n) is 10.1. The quantitative estimate of drug-likeness (QED) is 0.609. The van der Waals surface area contributed by atoms with Gasteiger partial charge in [-0.05, 0) is 31.2 Å². The Hall–Kier alpha value is -3.37. The van der Waals surface area contributed by atoms with Gasteiger partial charge >= 0.3 is 0 Å². The summed E-state index contributed by atoms with van der Waals surface area (Å²) in [6.45, 7) is 11.1. The highest BCUT2D eigenvalue weighted by molar-refractivity contribution is 5.89. The zero-order chi connectivity index (χ0) is 21.1. The fourth-order valence-corrected chi connectivity index (χ4v) is 3.90. The second-order valence-corrected chi connectivity index (χ2v) is 7.27. The van der Waals surface area contributed by atoms with E-state index < -0.39 is 0 Å². The van der Waals surface area contributed by atoms with Crippen LogP contribution in [-0.4, -0.2) is 41.5 Å². The predicted octanol–water partition coefficient (Wildman–Crippen LogP) is 3.55. The molecule has 0 bridgehead atoms. The molecule has 7 heteroatoms. The number of benzene rings is 1. The van der Waals surface area contributed by atoms with E-state index in [1.807, 2.05) is 37.3 Å². The van der Waals surface area contributed by atoms with E-state index in [9.17, 15) is 4.79 Å². The minimum atomic E-state index is -0.146. The third-order valence-corrected chi connectivity index (χ3v) is 5.42. The summed E-state index contributed by atoms with van der Waals surface area (Å²) in [6, 6.07) is 14.8. The van der Waals surface area contributed by atoms with E-state index >= 15 is 0 Å². The maximum atomic E-state index is 12.6. The molecule has 1 aliphatic rings. The Morgan fingerprint density at radius 3 is 2.73 bits per heavy atom. The van der Waals surface area contributed by atoms with Crippen LogP contribution in [0.4, 0.5) is 11.5 Å². The molecule has 30 heavy (non-hydrogen) atoms. The first kappa shape index (κ1) is 19.9. The first-order chi connectivity index (χ1) is 14.6. The lowest BCUT2D eigenvalue weighted by Crippen LogP contribution is -2.50. The maximum absolute atomic E-state index is 12.6. The molecule has 0 aliphatic carbocycles. The van der Waals surface area contributed by atoms with Gasteiger partial charge in [-0.1, -0.05) is 24.8 Å². The Labute approximate surface area is 175 Å². The van der Waals surface area contributed by atoms with Crippen LogP contribution in [0.1, 0.15) is 13.3 Å². The van der Waals surface area contributed by atoms with Gasteiger partial charge in [0.2, 0.25) is 5.52 Å². The van der Waals surface area contributed by atoms with Crippen LogP contribution in [0, 0.1) is 6.57 Å². The fraction of sp³-hybridized carbons (Fsp3) is 0.348. The van der Waals surface area contributed by atoms with Crippen LogP contribution in [0.5, 0.6) is 5.75 Å². The Morgan fingerprint density at radius 1 is 1.20 bits per heavy atom. The van der Waals surface area contributed by atoms with Crippen LogP contribution in [0.15, 0.2) is 53.3 Å². The number of ether oxygens (including phenoxy) is 2. The molecular formula is C23H24N4O3. The molecule has 0 unspecified atom stereocenters. The van der Waals surface area contributed by atoms with Gasteiger partial charge in [0.05, 0.1) is 11.2 Å². The number of pyridine rings is 2. The zero-order valence-electron chi connectivity index (χ0n) is 17.1. The van der Waals surface area contributed by atoms with E-state index in [4.69, 9.17) is 16.0 Å². The van der Waals surface area contributed by atoms with Crippen molar-refractivity contribution in [2.24, 2.45) is 7.05 Å². The van der Waals surface area contributed by atoms with Crippen LogP contribution in [0.2, 0.25) is 0 Å². The van der Waals surface area contributed by atoms with Gasteiger partial charge in [0.1, 0.15) is 18.0 Å². The van der Waals surface area contributed by atoms with E-state index in [0.29, 0.717) is 36.5 Å². The number of fused-ring (bicyclic) bond motifs is 1. The molecule has 2 atom stereocenters. The Balaban J connectivity index is 1.67. The lowest BCUT2D eigenvalue weighted by atomic mass is 10.0. The lowest BCUT2D eigenvalue weighted by molar-refractivity contribution is -0.0279. The summed E-state index contributed by atoms with van der Waals surface area (Å²) in [7, 11) is 1.72. The predicted molar refractivity (Wildman–Crippen MR) is 116 cm³/mol. The van der Waals surface area contributed by atoms with E-state index in [1.165, 1.54) is 0 Å². The molecule has 0 saturated carbocycles. The molecule has 0 radical (unpaired) electrons. The van der Waals surface area contributed by atoms with Gasteiger partial charge in [-0.3, -0.25) is 4.79 Å². The van der Waals surface area contributed by atoms with Crippen LogP contribution < -0.4 is 15.2 Å². The molecule has 154 valence electrons. The Kier molecular flexibility index (Phi) is 5.68. The topological polar surface area (TPSA) is 61.0 Å². The Morgan fingerprint density at radius 2 is 2.00 bits per heavy atom. The largest absolute Gasteiger partial charge is 0.488 e. The number of anilines is 1. The minimum absolute atomic E-state index is 0.0758. The third-order valence-electron chi connectivity index (χ3n) is 5.42. The lowest BCUT2D eigenvalue weighted by Gasteiger charge is -2.39. The number of piperidine rings is 1. The summed E-state index contributed by atoms with van der Waals surface area (Å²) in [5.74, 6) is 1.13. The molecule has 0 spiro atoms. The number of nitrogens with zero attached hydrogens (tertiary/aromatic N) is 4. The third kappa shape index (κ3) is 3.87. The fourth-order valence-electron chi connectivity index (χ4n) is 3.90. The van der Waals surface area contributed by atoms with Crippen molar-refractivity contribution in [1.29, 1.82) is 0 Å². The summed E-state index contributed by atoms with van der Waals surface area (Å²) in [6.07, 6.45) is 0.527. The van der Waals surface area contributed by atoms with Crippen molar-refractivity contribution in [2.75, 3.05) is 24.6 Å². The first-order valence-corrected chi connectivity index (χ1v) is 10.1. The second-order valence-electron chi connectivity index (χ2n) is 7.27. The molecule has 1 saturated heterocycles. The van der Waals surface area contributed by atoms with Crippen molar-refractivity contribution in [2.45, 2.75) is 25.6 Å². The van der Waals surface area contributed by atoms with E-state index in [0.717, 1.165) is 17.9 Å². The summed E-state index contributed by atoms with van der Waals surface area (Å²) < 4.78 is 13.8. The molecule has 1 fully saturated rings. The van der Waals surface area contributed by atoms with Crippen molar-refractivity contribution in [1.82, 2.24) is 9.55 Å². The summed E-state index contributed by atoms with van der Waals surface area (Å²) in [4.78, 5) is 22.6. The number of hydrogen-bond acceptors (Lipinski definition) is 5. The molecule has 0 amide bonds. The van der Waals surface area contributed by atoms with Crippen molar-refractivity contribution in [3.05, 3.63) is 70.3 Å². The molecule has 1 aliphatic heterocycles. The smallest absolute Gasteiger partial charge is 0.270 e. The van der Waals surface area contributed by atoms with Crippen molar-refractivity contribution in [3.8, 4) is 5.75 Å². The molecule has 2 aromatic heterocycles. The molecular weight excluding hydrogens is 380 g/mol. The molecule has 4 rings (SSSR count). The second kappa shape index (κ2) is 8.56. The molecule has 0 N–H and O–H groups in total. The standard InChI is InChI=1S/C23H24N4O3/c1-4-29-20-15-27(13-12-19(20)30-16-8-6-5-7-9-16)18-14-22(28)26(3)17-10-11-21(24-2)25-23(17)18/h5-11,14,19-20H,4,12-13,15H2,1,3H3/t19-,20-/m0/s1.